The summed E-state index contributed by atoms with van der Waals surface area (Å²) in [5.74, 6) is 6.90. The van der Waals surface area contributed by atoms with Crippen LogP contribution < -0.4 is 0 Å². The third-order valence-corrected chi connectivity index (χ3v) is 16.4. The number of halogens is 1. The summed E-state index contributed by atoms with van der Waals surface area (Å²) in [5.41, 5.74) is 0.613. The Hall–Kier alpha value is -2.78. The number of fused-ring (bicyclic) bond motifs is 7. The molecule has 0 amide bonds. The van der Waals surface area contributed by atoms with Crippen molar-refractivity contribution < 1.29 is 29.3 Å². The Balaban J connectivity index is 1.30. The molecule has 51 heavy (non-hydrogen) atoms. The fraction of sp³-hybridized carbons (Fsp3) is 0.705. The number of aromatic carboxylic acids is 1. The molecule has 1 aromatic carbocycles. The number of allylic oxidation sites excluding steroid dienone is 1. The van der Waals surface area contributed by atoms with Gasteiger partial charge in [-0.25, -0.2) is 4.79 Å². The van der Waals surface area contributed by atoms with Gasteiger partial charge in [-0.15, -0.1) is 0 Å². The molecule has 5 aliphatic rings. The largest absolute Gasteiger partial charge is 0.481 e. The van der Waals surface area contributed by atoms with E-state index in [0.717, 1.165) is 64.2 Å². The Morgan fingerprint density at radius 3 is 2.27 bits per heavy atom. The average molecular weight is 719 g/mol. The molecule has 7 heteroatoms. The van der Waals surface area contributed by atoms with E-state index >= 15 is 0 Å². The zero-order valence-corrected chi connectivity index (χ0v) is 32.8. The number of ether oxygens (including phenoxy) is 1. The van der Waals surface area contributed by atoms with Crippen LogP contribution in [0, 0.1) is 73.9 Å². The van der Waals surface area contributed by atoms with E-state index in [4.69, 9.17) is 16.3 Å². The number of carboxylic acid groups (broad SMARTS) is 2. The van der Waals surface area contributed by atoms with E-state index in [1.807, 2.05) is 0 Å². The highest BCUT2D eigenvalue weighted by Gasteiger charge is 2.71. The molecule has 4 unspecified atom stereocenters. The van der Waals surface area contributed by atoms with Crippen molar-refractivity contribution >= 4 is 29.5 Å². The fourth-order valence-electron chi connectivity index (χ4n) is 13.2. The third kappa shape index (κ3) is 5.78. The molecule has 0 radical (unpaired) electrons. The summed E-state index contributed by atoms with van der Waals surface area (Å²) in [4.78, 5) is 37.0. The minimum atomic E-state index is -1.16. The van der Waals surface area contributed by atoms with Gasteiger partial charge in [0.2, 0.25) is 0 Å². The zero-order valence-electron chi connectivity index (χ0n) is 32.1. The van der Waals surface area contributed by atoms with E-state index in [0.29, 0.717) is 35.2 Å². The van der Waals surface area contributed by atoms with Crippen LogP contribution in [0.4, 0.5) is 0 Å². The maximum absolute atomic E-state index is 13.1. The molecule has 1 aromatic rings. The quantitative estimate of drug-likeness (QED) is 0.172. The van der Waals surface area contributed by atoms with Gasteiger partial charge in [0.25, 0.3) is 0 Å². The molecule has 0 bridgehead atoms. The summed E-state index contributed by atoms with van der Waals surface area (Å²) in [6.45, 7) is 22.2. The summed E-state index contributed by atoms with van der Waals surface area (Å²) in [6, 6.07) is 5.19. The van der Waals surface area contributed by atoms with Crippen LogP contribution >= 0.6 is 11.6 Å². The topological polar surface area (TPSA) is 101 Å². The zero-order chi connectivity index (χ0) is 37.5. The van der Waals surface area contributed by atoms with E-state index in [-0.39, 0.29) is 50.2 Å². The second kappa shape index (κ2) is 12.7. The molecule has 5 fully saturated rings. The molecule has 5 aliphatic carbocycles. The van der Waals surface area contributed by atoms with Gasteiger partial charge in [0.1, 0.15) is 6.10 Å². The predicted molar refractivity (Wildman–Crippen MR) is 200 cm³/mol. The maximum Gasteiger partial charge on any atom is 0.338 e. The Morgan fingerprint density at radius 2 is 1.63 bits per heavy atom. The molecule has 0 aromatic heterocycles. The number of carboxylic acids is 2. The normalized spacial score (nSPS) is 39.5. The molecule has 0 heterocycles. The predicted octanol–water partition coefficient (Wildman–Crippen LogP) is 10.5. The van der Waals surface area contributed by atoms with E-state index in [1.54, 1.807) is 32.0 Å². The maximum atomic E-state index is 13.1. The second-order valence-electron chi connectivity index (χ2n) is 19.3. The lowest BCUT2D eigenvalue weighted by Gasteiger charge is -2.72. The van der Waals surface area contributed by atoms with Gasteiger partial charge in [-0.3, -0.25) is 9.59 Å². The van der Waals surface area contributed by atoms with Crippen molar-refractivity contribution in [3.8, 4) is 11.8 Å². The number of aliphatic carboxylic acids is 1. The van der Waals surface area contributed by atoms with Crippen LogP contribution in [0.3, 0.4) is 0 Å². The van der Waals surface area contributed by atoms with Gasteiger partial charge in [-0.1, -0.05) is 76.3 Å². The van der Waals surface area contributed by atoms with Gasteiger partial charge in [-0.05, 0) is 143 Å². The van der Waals surface area contributed by atoms with Crippen LogP contribution in [0.5, 0.6) is 0 Å². The molecule has 0 spiro atoms. The summed E-state index contributed by atoms with van der Waals surface area (Å²) in [6.07, 6.45) is 10.2. The van der Waals surface area contributed by atoms with Crippen LogP contribution in [0.25, 0.3) is 0 Å². The number of esters is 1. The molecule has 0 aliphatic heterocycles. The van der Waals surface area contributed by atoms with Crippen LogP contribution in [0.1, 0.15) is 142 Å². The van der Waals surface area contributed by atoms with Gasteiger partial charge in [0, 0.05) is 16.4 Å². The monoisotopic (exact) mass is 718 g/mol. The van der Waals surface area contributed by atoms with Gasteiger partial charge < -0.3 is 14.9 Å². The van der Waals surface area contributed by atoms with Crippen molar-refractivity contribution in [2.24, 2.45) is 62.1 Å². The molecule has 0 saturated heterocycles. The number of carbonyl (C=O) groups excluding carboxylic acids is 1. The molecule has 2 N–H and O–H groups in total. The first kappa shape index (κ1) is 38.0. The number of benzene rings is 1. The van der Waals surface area contributed by atoms with E-state index in [1.165, 1.54) is 5.57 Å². The molecule has 5 saturated carbocycles. The van der Waals surface area contributed by atoms with Crippen molar-refractivity contribution in [1.29, 1.82) is 0 Å². The minimum absolute atomic E-state index is 0.0873. The smallest absolute Gasteiger partial charge is 0.338 e. The second-order valence-corrected chi connectivity index (χ2v) is 19.7. The van der Waals surface area contributed by atoms with Gasteiger partial charge >= 0.3 is 17.9 Å². The van der Waals surface area contributed by atoms with Crippen molar-refractivity contribution in [2.75, 3.05) is 0 Å². The molecule has 10 atom stereocenters. The van der Waals surface area contributed by atoms with Crippen LogP contribution in [-0.2, 0) is 14.3 Å². The Labute approximate surface area is 310 Å². The lowest BCUT2D eigenvalue weighted by Crippen LogP contribution is -2.66. The van der Waals surface area contributed by atoms with Gasteiger partial charge in [0.15, 0.2) is 0 Å². The SMILES string of the molecule is C=C(C)[C@@H]1CC[C@]2(C#Cc3cccc(Cl)c3C(=O)O)CC[C@]3(C)C(CCC4[C@@]5(C)CC[C@H](OC(=O)CC(C)(C)C(=O)O)C(C)(C)C5CC[C@]43C)C12. The highest BCUT2D eigenvalue weighted by molar-refractivity contribution is 6.33. The highest BCUT2D eigenvalue weighted by Crippen LogP contribution is 2.77. The number of rotatable bonds is 6. The van der Waals surface area contributed by atoms with Gasteiger partial charge in [0.05, 0.1) is 22.4 Å². The van der Waals surface area contributed by atoms with Gasteiger partial charge in [-0.2, -0.15) is 0 Å². The molecule has 6 rings (SSSR count). The minimum Gasteiger partial charge on any atom is -0.481 e. The third-order valence-electron chi connectivity index (χ3n) is 16.1. The lowest BCUT2D eigenvalue weighted by molar-refractivity contribution is -0.247. The first-order chi connectivity index (χ1) is 23.6. The Bertz CT molecular complexity index is 1700. The Kier molecular flexibility index (Phi) is 9.43. The van der Waals surface area contributed by atoms with Crippen LogP contribution in [0.15, 0.2) is 30.4 Å². The summed E-state index contributed by atoms with van der Waals surface area (Å²) < 4.78 is 6.16. The lowest BCUT2D eigenvalue weighted by atomic mass is 9.32. The standard InChI is InChI=1S/C44H59ClO6/c1-26(2)28-16-22-44(21-15-27-11-10-12-30(45)35(27)37(47)48)24-23-42(8)29(36(28)44)13-14-32-41(7)19-18-33(51-34(46)25-39(3,4)38(49)50)40(5,6)31(41)17-20-43(32,42)9/h10-12,28-29,31-33,36H,1,13-14,16-20,22-25H2,2-9H3,(H,47,48)(H,49,50)/t28-,29?,31?,32?,33-,36?,41-,42+,43+,44+/m0/s1. The number of carbonyl (C=O) groups is 3. The molecule has 6 nitrogen and oxygen atoms in total. The Morgan fingerprint density at radius 1 is 0.922 bits per heavy atom. The summed E-state index contributed by atoms with van der Waals surface area (Å²) in [5, 5.41) is 19.8. The van der Waals surface area contributed by atoms with E-state index in [2.05, 4.69) is 60.0 Å². The van der Waals surface area contributed by atoms with Crippen molar-refractivity contribution in [1.82, 2.24) is 0 Å². The van der Waals surface area contributed by atoms with Crippen molar-refractivity contribution in [3.63, 3.8) is 0 Å². The summed E-state index contributed by atoms with van der Waals surface area (Å²) >= 11 is 6.35. The number of hydrogen-bond acceptors (Lipinski definition) is 4. The van der Waals surface area contributed by atoms with Crippen molar-refractivity contribution in [3.05, 3.63) is 46.5 Å². The van der Waals surface area contributed by atoms with Crippen LogP contribution in [-0.4, -0.2) is 34.2 Å². The number of hydrogen-bond donors (Lipinski definition) is 2. The molecular weight excluding hydrogens is 660 g/mol. The van der Waals surface area contributed by atoms with Crippen molar-refractivity contribution in [2.45, 2.75) is 132 Å². The molecule has 278 valence electrons. The van der Waals surface area contributed by atoms with E-state index < -0.39 is 23.3 Å². The first-order valence-electron chi connectivity index (χ1n) is 19.3. The highest BCUT2D eigenvalue weighted by atomic mass is 35.5. The first-order valence-corrected chi connectivity index (χ1v) is 19.7. The average Bonchev–Trinajstić information content (AvgIpc) is 3.41. The fourth-order valence-corrected chi connectivity index (χ4v) is 13.5. The molecular formula is C44H59ClO6. The van der Waals surface area contributed by atoms with Crippen LogP contribution in [0.2, 0.25) is 5.02 Å². The summed E-state index contributed by atoms with van der Waals surface area (Å²) in [7, 11) is 0. The van der Waals surface area contributed by atoms with E-state index in [9.17, 15) is 24.6 Å².